The zero-order chi connectivity index (χ0) is 11.5. The summed E-state index contributed by atoms with van der Waals surface area (Å²) in [6.07, 6.45) is 4.27. The second-order valence-electron chi connectivity index (χ2n) is 4.05. The topological polar surface area (TPSA) is 55.2 Å². The highest BCUT2D eigenvalue weighted by atomic mass is 19.1. The van der Waals surface area contributed by atoms with Crippen LogP contribution in [0.3, 0.4) is 0 Å². The van der Waals surface area contributed by atoms with E-state index in [-0.39, 0.29) is 17.4 Å². The number of halogens is 1. The molecule has 16 heavy (non-hydrogen) atoms. The Labute approximate surface area is 92.6 Å². The summed E-state index contributed by atoms with van der Waals surface area (Å²) in [7, 11) is 0. The smallest absolute Gasteiger partial charge is 0.271 e. The maximum atomic E-state index is 13.4. The number of hydrogen-bond donors (Lipinski definition) is 1. The number of nitrogens with one attached hydrogen (secondary N) is 1. The molecule has 4 nitrogen and oxygen atoms in total. The van der Waals surface area contributed by atoms with Crippen LogP contribution in [0.25, 0.3) is 0 Å². The Balaban J connectivity index is 2.17. The molecule has 1 saturated carbocycles. The normalized spacial score (nSPS) is 16.3. The highest BCUT2D eigenvalue weighted by Crippen LogP contribution is 2.26. The molecule has 1 aromatic rings. The number of nitro benzene ring substituents is 1. The van der Waals surface area contributed by atoms with Gasteiger partial charge >= 0.3 is 0 Å². The fourth-order valence-corrected chi connectivity index (χ4v) is 2.03. The van der Waals surface area contributed by atoms with E-state index < -0.39 is 10.7 Å². The van der Waals surface area contributed by atoms with E-state index in [1.54, 1.807) is 0 Å². The van der Waals surface area contributed by atoms with Crippen LogP contribution < -0.4 is 5.32 Å². The van der Waals surface area contributed by atoms with Crippen molar-refractivity contribution in [3.63, 3.8) is 0 Å². The second kappa shape index (κ2) is 4.47. The van der Waals surface area contributed by atoms with Gasteiger partial charge in [0.1, 0.15) is 5.82 Å². The number of nitro groups is 1. The molecule has 1 aliphatic carbocycles. The predicted octanol–water partition coefficient (Wildman–Crippen LogP) is 3.09. The zero-order valence-corrected chi connectivity index (χ0v) is 8.78. The zero-order valence-electron chi connectivity index (χ0n) is 8.78. The SMILES string of the molecule is O=[N+]([O-])c1ccc(F)c(NC2CCCC2)c1. The predicted molar refractivity (Wildman–Crippen MR) is 58.9 cm³/mol. The number of anilines is 1. The molecule has 86 valence electrons. The summed E-state index contributed by atoms with van der Waals surface area (Å²) >= 11 is 0. The van der Waals surface area contributed by atoms with E-state index in [9.17, 15) is 14.5 Å². The summed E-state index contributed by atoms with van der Waals surface area (Å²) < 4.78 is 13.4. The minimum Gasteiger partial charge on any atom is -0.380 e. The fourth-order valence-electron chi connectivity index (χ4n) is 2.03. The molecule has 1 fully saturated rings. The lowest BCUT2D eigenvalue weighted by Crippen LogP contribution is -2.15. The van der Waals surface area contributed by atoms with Gasteiger partial charge in [-0.05, 0) is 18.9 Å². The minimum atomic E-state index is -0.515. The number of rotatable bonds is 3. The standard InChI is InChI=1S/C11H13FN2O2/c12-10-6-5-9(14(15)16)7-11(10)13-8-3-1-2-4-8/h5-8,13H,1-4H2. The van der Waals surface area contributed by atoms with Gasteiger partial charge in [-0.2, -0.15) is 0 Å². The van der Waals surface area contributed by atoms with Gasteiger partial charge in [-0.1, -0.05) is 12.8 Å². The Bertz CT molecular complexity index is 403. The average molecular weight is 224 g/mol. The molecule has 1 aromatic carbocycles. The van der Waals surface area contributed by atoms with Gasteiger partial charge in [0.15, 0.2) is 0 Å². The van der Waals surface area contributed by atoms with E-state index in [2.05, 4.69) is 5.32 Å². The molecule has 0 bridgehead atoms. The van der Waals surface area contributed by atoms with Crippen molar-refractivity contribution >= 4 is 11.4 Å². The third-order valence-electron chi connectivity index (χ3n) is 2.88. The molecule has 0 amide bonds. The van der Waals surface area contributed by atoms with Crippen LogP contribution in [0.5, 0.6) is 0 Å². The molecule has 1 N–H and O–H groups in total. The maximum absolute atomic E-state index is 13.4. The molecule has 0 aromatic heterocycles. The Morgan fingerprint density at radius 1 is 1.38 bits per heavy atom. The molecule has 0 heterocycles. The van der Waals surface area contributed by atoms with E-state index in [1.165, 1.54) is 12.1 Å². The monoisotopic (exact) mass is 224 g/mol. The van der Waals surface area contributed by atoms with Crippen molar-refractivity contribution in [1.29, 1.82) is 0 Å². The first-order valence-electron chi connectivity index (χ1n) is 5.37. The molecule has 5 heteroatoms. The van der Waals surface area contributed by atoms with Crippen LogP contribution in [-0.4, -0.2) is 11.0 Å². The van der Waals surface area contributed by atoms with Gasteiger partial charge in [-0.15, -0.1) is 0 Å². The van der Waals surface area contributed by atoms with Gasteiger partial charge in [0.25, 0.3) is 5.69 Å². The van der Waals surface area contributed by atoms with Crippen molar-refractivity contribution in [1.82, 2.24) is 0 Å². The Hall–Kier alpha value is -1.65. The first kappa shape index (κ1) is 10.9. The number of benzene rings is 1. The van der Waals surface area contributed by atoms with E-state index >= 15 is 0 Å². The van der Waals surface area contributed by atoms with Crippen molar-refractivity contribution in [2.45, 2.75) is 31.7 Å². The van der Waals surface area contributed by atoms with Gasteiger partial charge < -0.3 is 5.32 Å². The Kier molecular flexibility index (Phi) is 3.03. The summed E-state index contributed by atoms with van der Waals surface area (Å²) in [5, 5.41) is 13.6. The molecular formula is C11H13FN2O2. The number of non-ortho nitro benzene ring substituents is 1. The summed E-state index contributed by atoms with van der Waals surface area (Å²) in [4.78, 5) is 10.0. The lowest BCUT2D eigenvalue weighted by atomic mass is 10.2. The molecule has 2 rings (SSSR count). The van der Waals surface area contributed by atoms with Crippen LogP contribution in [0, 0.1) is 15.9 Å². The third kappa shape index (κ3) is 2.29. The van der Waals surface area contributed by atoms with Crippen molar-refractivity contribution < 1.29 is 9.31 Å². The first-order chi connectivity index (χ1) is 7.66. The largest absolute Gasteiger partial charge is 0.380 e. The number of nitrogens with zero attached hydrogens (tertiary/aromatic N) is 1. The van der Waals surface area contributed by atoms with Gasteiger partial charge in [0.05, 0.1) is 10.6 Å². The summed E-state index contributed by atoms with van der Waals surface area (Å²) in [6.45, 7) is 0. The van der Waals surface area contributed by atoms with Gasteiger partial charge in [0, 0.05) is 18.2 Å². The first-order valence-corrected chi connectivity index (χ1v) is 5.37. The number of hydrogen-bond acceptors (Lipinski definition) is 3. The van der Waals surface area contributed by atoms with Crippen molar-refractivity contribution in [3.05, 3.63) is 34.1 Å². The van der Waals surface area contributed by atoms with Crippen LogP contribution in [0.2, 0.25) is 0 Å². The molecule has 0 saturated heterocycles. The van der Waals surface area contributed by atoms with E-state index in [4.69, 9.17) is 0 Å². The highest BCUT2D eigenvalue weighted by Gasteiger charge is 2.17. The van der Waals surface area contributed by atoms with E-state index in [0.29, 0.717) is 0 Å². The quantitative estimate of drug-likeness (QED) is 0.634. The fraction of sp³-hybridized carbons (Fsp3) is 0.455. The second-order valence-corrected chi connectivity index (χ2v) is 4.05. The minimum absolute atomic E-state index is 0.0816. The lowest BCUT2D eigenvalue weighted by Gasteiger charge is -2.13. The Morgan fingerprint density at radius 2 is 2.06 bits per heavy atom. The van der Waals surface area contributed by atoms with E-state index in [0.717, 1.165) is 31.7 Å². The van der Waals surface area contributed by atoms with Crippen LogP contribution in [0.15, 0.2) is 18.2 Å². The molecular weight excluding hydrogens is 211 g/mol. The van der Waals surface area contributed by atoms with Crippen molar-refractivity contribution in [3.8, 4) is 0 Å². The average Bonchev–Trinajstić information content (AvgIpc) is 2.73. The van der Waals surface area contributed by atoms with E-state index in [1.807, 2.05) is 0 Å². The van der Waals surface area contributed by atoms with Crippen LogP contribution in [0.1, 0.15) is 25.7 Å². The lowest BCUT2D eigenvalue weighted by molar-refractivity contribution is -0.384. The highest BCUT2D eigenvalue weighted by molar-refractivity contribution is 5.52. The van der Waals surface area contributed by atoms with Crippen LogP contribution in [0.4, 0.5) is 15.8 Å². The third-order valence-corrected chi connectivity index (χ3v) is 2.88. The van der Waals surface area contributed by atoms with Gasteiger partial charge in [-0.25, -0.2) is 4.39 Å². The summed E-state index contributed by atoms with van der Waals surface area (Å²) in [5.41, 5.74) is 0.156. The van der Waals surface area contributed by atoms with Crippen molar-refractivity contribution in [2.24, 2.45) is 0 Å². The molecule has 0 spiro atoms. The maximum Gasteiger partial charge on any atom is 0.271 e. The molecule has 1 aliphatic rings. The summed E-state index contributed by atoms with van der Waals surface area (Å²) in [6, 6.07) is 3.81. The molecule has 0 aliphatic heterocycles. The Morgan fingerprint density at radius 3 is 2.69 bits per heavy atom. The molecule has 0 unspecified atom stereocenters. The molecule has 0 radical (unpaired) electrons. The van der Waals surface area contributed by atoms with Crippen molar-refractivity contribution in [2.75, 3.05) is 5.32 Å². The summed E-state index contributed by atoms with van der Waals surface area (Å²) in [5.74, 6) is -0.433. The van der Waals surface area contributed by atoms with Gasteiger partial charge in [0.2, 0.25) is 0 Å². The van der Waals surface area contributed by atoms with Gasteiger partial charge in [-0.3, -0.25) is 10.1 Å². The van der Waals surface area contributed by atoms with Crippen LogP contribution in [-0.2, 0) is 0 Å². The molecule has 0 atom stereocenters. The van der Waals surface area contributed by atoms with Crippen LogP contribution >= 0.6 is 0 Å².